The lowest BCUT2D eigenvalue weighted by Crippen LogP contribution is -2.44. The number of ketones is 1. The number of nitrogens with one attached hydrogen (secondary N) is 1. The molecule has 8 heteroatoms. The molecule has 0 aliphatic carbocycles. The molecule has 0 unspecified atom stereocenters. The molecule has 3 rings (SSSR count). The molecule has 1 aromatic carbocycles. The van der Waals surface area contributed by atoms with Crippen LogP contribution in [0.2, 0.25) is 0 Å². The third-order valence-electron chi connectivity index (χ3n) is 4.71. The highest BCUT2D eigenvalue weighted by Gasteiger charge is 2.28. The second-order valence-corrected chi connectivity index (χ2v) is 8.26. The number of likely N-dealkylation sites (tertiary alicyclic amines) is 1. The number of fused-ring (bicyclic) bond motifs is 1. The van der Waals surface area contributed by atoms with Gasteiger partial charge in [0.25, 0.3) is 0 Å². The molecule has 1 amide bonds. The summed E-state index contributed by atoms with van der Waals surface area (Å²) in [4.78, 5) is 28.7. The molecule has 7 nitrogen and oxygen atoms in total. The number of benzene rings is 1. The Labute approximate surface area is 174 Å². The minimum atomic E-state index is -0.558. The van der Waals surface area contributed by atoms with Crippen LogP contribution in [0.3, 0.4) is 0 Å². The van der Waals surface area contributed by atoms with Crippen LogP contribution in [0.4, 0.5) is 9.18 Å². The number of allylic oxidation sites excluding steroid dienone is 1. The lowest BCUT2D eigenvalue weighted by Gasteiger charge is -2.33. The van der Waals surface area contributed by atoms with E-state index in [4.69, 9.17) is 14.7 Å². The lowest BCUT2D eigenvalue weighted by molar-refractivity contribution is 0.0123. The molecule has 0 radical (unpaired) electrons. The fraction of sp³-hybridized carbons (Fsp3) is 0.409. The van der Waals surface area contributed by atoms with Crippen LogP contribution in [0, 0.1) is 17.1 Å². The number of ether oxygens (including phenoxy) is 2. The zero-order chi connectivity index (χ0) is 22.1. The molecule has 1 aliphatic heterocycles. The number of hydrogen-bond acceptors (Lipinski definition) is 5. The van der Waals surface area contributed by atoms with Gasteiger partial charge >= 0.3 is 6.09 Å². The minimum Gasteiger partial charge on any atom is -0.487 e. The Bertz CT molecular complexity index is 1040. The van der Waals surface area contributed by atoms with E-state index in [1.165, 1.54) is 18.2 Å². The first-order valence-electron chi connectivity index (χ1n) is 9.68. The van der Waals surface area contributed by atoms with Gasteiger partial charge in [-0.15, -0.1) is 0 Å². The fourth-order valence-electron chi connectivity index (χ4n) is 3.22. The van der Waals surface area contributed by atoms with E-state index in [0.717, 1.165) is 0 Å². The first kappa shape index (κ1) is 21.4. The van der Waals surface area contributed by atoms with Gasteiger partial charge in [0, 0.05) is 42.9 Å². The van der Waals surface area contributed by atoms with Crippen molar-refractivity contribution in [2.45, 2.75) is 45.3 Å². The summed E-state index contributed by atoms with van der Waals surface area (Å²) >= 11 is 0. The van der Waals surface area contributed by atoms with Gasteiger partial charge in [-0.2, -0.15) is 5.26 Å². The summed E-state index contributed by atoms with van der Waals surface area (Å²) in [5.74, 6) is -1.02. The molecule has 0 bridgehead atoms. The summed E-state index contributed by atoms with van der Waals surface area (Å²) in [7, 11) is 0. The molecule has 1 N–H and O–H groups in total. The molecule has 2 aromatic rings. The molecule has 0 atom stereocenters. The second kappa shape index (κ2) is 8.19. The van der Waals surface area contributed by atoms with Crippen LogP contribution in [0.25, 0.3) is 10.9 Å². The van der Waals surface area contributed by atoms with E-state index in [1.807, 2.05) is 20.8 Å². The van der Waals surface area contributed by atoms with Crippen molar-refractivity contribution in [3.63, 3.8) is 0 Å². The molecule has 1 saturated heterocycles. The van der Waals surface area contributed by atoms with Gasteiger partial charge in [-0.05, 0) is 32.9 Å². The van der Waals surface area contributed by atoms with Crippen molar-refractivity contribution in [3.8, 4) is 11.8 Å². The highest BCUT2D eigenvalue weighted by atomic mass is 19.1. The number of aromatic amines is 1. The number of aromatic nitrogens is 1. The molecule has 0 spiro atoms. The molecule has 0 saturated carbocycles. The van der Waals surface area contributed by atoms with Crippen molar-refractivity contribution in [1.82, 2.24) is 9.88 Å². The molecule has 1 aromatic heterocycles. The molecule has 30 heavy (non-hydrogen) atoms. The van der Waals surface area contributed by atoms with Gasteiger partial charge in [0.1, 0.15) is 17.8 Å². The third-order valence-corrected chi connectivity index (χ3v) is 4.71. The predicted molar refractivity (Wildman–Crippen MR) is 109 cm³/mol. The van der Waals surface area contributed by atoms with E-state index in [9.17, 15) is 14.0 Å². The maximum absolute atomic E-state index is 14.5. The Balaban J connectivity index is 1.67. The van der Waals surface area contributed by atoms with Crippen LogP contribution in [-0.2, 0) is 4.74 Å². The van der Waals surface area contributed by atoms with Gasteiger partial charge in [0.2, 0.25) is 5.78 Å². The van der Waals surface area contributed by atoms with Gasteiger partial charge in [0.05, 0.1) is 11.3 Å². The number of carbonyl (C=O) groups is 2. The van der Waals surface area contributed by atoms with Crippen LogP contribution in [-0.4, -0.2) is 46.6 Å². The standard InChI is InChI=1S/C22H24FN3O4/c1-13(12-24)20(27)18-9-14-10-19(16(23)11-17(14)25-18)29-15-5-7-26(8-6-15)21(28)30-22(2,3)4/h9-11,15,25H,1,5-8H2,2-4H3. The van der Waals surface area contributed by atoms with Crippen molar-refractivity contribution in [3.05, 3.63) is 41.9 Å². The Hall–Kier alpha value is -3.34. The third kappa shape index (κ3) is 4.79. The topological polar surface area (TPSA) is 95.4 Å². The SMILES string of the molecule is C=C(C#N)C(=O)c1cc2cc(OC3CCN(C(=O)OC(C)(C)C)CC3)c(F)cc2[nH]1. The number of amides is 1. The number of halogens is 1. The molecular weight excluding hydrogens is 389 g/mol. The van der Waals surface area contributed by atoms with Crippen LogP contribution in [0.15, 0.2) is 30.4 Å². The number of rotatable bonds is 4. The highest BCUT2D eigenvalue weighted by molar-refractivity contribution is 6.11. The van der Waals surface area contributed by atoms with Crippen molar-refractivity contribution >= 4 is 22.8 Å². The lowest BCUT2D eigenvalue weighted by atomic mass is 10.1. The number of hydrogen-bond donors (Lipinski definition) is 1. The minimum absolute atomic E-state index is 0.0790. The summed E-state index contributed by atoms with van der Waals surface area (Å²) < 4.78 is 25.7. The van der Waals surface area contributed by atoms with Crippen LogP contribution >= 0.6 is 0 Å². The Morgan fingerprint density at radius 3 is 2.53 bits per heavy atom. The number of carbonyl (C=O) groups excluding carboxylic acids is 2. The van der Waals surface area contributed by atoms with Gasteiger partial charge in [-0.1, -0.05) is 6.58 Å². The van der Waals surface area contributed by atoms with Crippen molar-refractivity contribution < 1.29 is 23.5 Å². The average molecular weight is 413 g/mol. The van der Waals surface area contributed by atoms with E-state index in [0.29, 0.717) is 36.8 Å². The van der Waals surface area contributed by atoms with Gasteiger partial charge in [0.15, 0.2) is 11.6 Å². The monoisotopic (exact) mass is 413 g/mol. The Morgan fingerprint density at radius 2 is 1.93 bits per heavy atom. The largest absolute Gasteiger partial charge is 0.487 e. The van der Waals surface area contributed by atoms with Gasteiger partial charge < -0.3 is 19.4 Å². The second-order valence-electron chi connectivity index (χ2n) is 8.26. The zero-order valence-electron chi connectivity index (χ0n) is 17.3. The summed E-state index contributed by atoms with van der Waals surface area (Å²) in [6.45, 7) is 9.77. The Kier molecular flexibility index (Phi) is 5.83. The first-order chi connectivity index (χ1) is 14.1. The summed E-state index contributed by atoms with van der Waals surface area (Å²) in [6, 6.07) is 6.03. The van der Waals surface area contributed by atoms with Crippen molar-refractivity contribution in [1.29, 1.82) is 5.26 Å². The van der Waals surface area contributed by atoms with E-state index >= 15 is 0 Å². The summed E-state index contributed by atoms with van der Waals surface area (Å²) in [5, 5.41) is 9.41. The van der Waals surface area contributed by atoms with Crippen LogP contribution in [0.1, 0.15) is 44.1 Å². The van der Waals surface area contributed by atoms with E-state index < -0.39 is 17.2 Å². The zero-order valence-corrected chi connectivity index (χ0v) is 17.3. The van der Waals surface area contributed by atoms with Crippen molar-refractivity contribution in [2.24, 2.45) is 0 Å². The van der Waals surface area contributed by atoms with E-state index in [-0.39, 0.29) is 29.2 Å². The van der Waals surface area contributed by atoms with Crippen LogP contribution < -0.4 is 4.74 Å². The maximum atomic E-state index is 14.5. The summed E-state index contributed by atoms with van der Waals surface area (Å²) in [5.41, 5.74) is -0.165. The smallest absolute Gasteiger partial charge is 0.410 e. The quantitative estimate of drug-likeness (QED) is 0.457. The fourth-order valence-corrected chi connectivity index (χ4v) is 3.22. The maximum Gasteiger partial charge on any atom is 0.410 e. The van der Waals surface area contributed by atoms with Gasteiger partial charge in [-0.3, -0.25) is 4.79 Å². The number of Topliss-reactive ketones (excluding diaryl/α,β-unsaturated/α-hetero) is 1. The molecular formula is C22H24FN3O4. The molecule has 2 heterocycles. The number of nitriles is 1. The molecule has 158 valence electrons. The normalized spacial score (nSPS) is 15.0. The van der Waals surface area contributed by atoms with E-state index in [1.54, 1.807) is 11.0 Å². The Morgan fingerprint density at radius 1 is 1.27 bits per heavy atom. The van der Waals surface area contributed by atoms with Gasteiger partial charge in [-0.25, -0.2) is 9.18 Å². The first-order valence-corrected chi connectivity index (χ1v) is 9.68. The highest BCUT2D eigenvalue weighted by Crippen LogP contribution is 2.28. The molecule has 1 fully saturated rings. The van der Waals surface area contributed by atoms with E-state index in [2.05, 4.69) is 11.6 Å². The predicted octanol–water partition coefficient (Wildman–Crippen LogP) is 4.35. The summed E-state index contributed by atoms with van der Waals surface area (Å²) in [6.07, 6.45) is 0.497. The number of H-pyrrole nitrogens is 1. The van der Waals surface area contributed by atoms with Crippen LogP contribution in [0.5, 0.6) is 5.75 Å². The molecule has 1 aliphatic rings. The van der Waals surface area contributed by atoms with Crippen molar-refractivity contribution in [2.75, 3.05) is 13.1 Å². The number of nitrogens with zero attached hydrogens (tertiary/aromatic N) is 2. The average Bonchev–Trinajstić information content (AvgIpc) is 3.08. The number of piperidine rings is 1.